The molecule has 1 spiro atoms. The first-order valence-electron chi connectivity index (χ1n) is 11.4. The lowest BCUT2D eigenvalue weighted by molar-refractivity contribution is -0.137. The monoisotopic (exact) mass is 516 g/mol. The number of aromatic carboxylic acids is 1. The summed E-state index contributed by atoms with van der Waals surface area (Å²) >= 11 is 1.49. The van der Waals surface area contributed by atoms with Gasteiger partial charge in [-0.25, -0.2) is 9.59 Å². The molecule has 3 aromatic rings. The molecular formula is C26H23F3N2O4S. The van der Waals surface area contributed by atoms with Crippen LogP contribution in [0.3, 0.4) is 0 Å². The number of nitrogens with zero attached hydrogens (tertiary/aromatic N) is 2. The van der Waals surface area contributed by atoms with Crippen LogP contribution < -0.4 is 4.90 Å². The molecule has 0 aliphatic carbocycles. The summed E-state index contributed by atoms with van der Waals surface area (Å²) in [4.78, 5) is 27.3. The summed E-state index contributed by atoms with van der Waals surface area (Å²) in [6.45, 7) is 1.84. The number of halogens is 3. The van der Waals surface area contributed by atoms with Crippen molar-refractivity contribution in [3.8, 4) is 11.1 Å². The number of carbonyl (C=O) groups excluding carboxylic acids is 1. The number of hydrogen-bond acceptors (Lipinski definition) is 5. The lowest BCUT2D eigenvalue weighted by Crippen LogP contribution is -2.46. The van der Waals surface area contributed by atoms with Crippen molar-refractivity contribution in [2.75, 3.05) is 24.5 Å². The number of carboxylic acids is 1. The first kappa shape index (κ1) is 24.3. The van der Waals surface area contributed by atoms with Gasteiger partial charge in [-0.2, -0.15) is 24.5 Å². The van der Waals surface area contributed by atoms with Gasteiger partial charge in [0.25, 0.3) is 0 Å². The summed E-state index contributed by atoms with van der Waals surface area (Å²) in [6.07, 6.45) is -3.80. The van der Waals surface area contributed by atoms with E-state index in [1.807, 2.05) is 16.8 Å². The lowest BCUT2D eigenvalue weighted by Gasteiger charge is -2.37. The normalized spacial score (nSPS) is 18.0. The Morgan fingerprint density at radius 3 is 2.42 bits per heavy atom. The van der Waals surface area contributed by atoms with E-state index in [9.17, 15) is 22.8 Å². The van der Waals surface area contributed by atoms with Crippen LogP contribution in [0.25, 0.3) is 11.1 Å². The van der Waals surface area contributed by atoms with Crippen LogP contribution in [0.2, 0.25) is 0 Å². The van der Waals surface area contributed by atoms with Crippen molar-refractivity contribution in [2.24, 2.45) is 0 Å². The number of benzene rings is 2. The van der Waals surface area contributed by atoms with Crippen molar-refractivity contribution in [1.82, 2.24) is 4.90 Å². The standard InChI is InChI=1S/C26H23F3N2O4S/c27-26(28,29)20-3-6-22(18-7-12-36-15-18)19(13-20)14-30-10-8-25(9-11-30)16-31(24(34)35-25)21-4-1-17(2-5-21)23(32)33/h1-7,12-13,15H,8-11,14,16H2,(H,32,33). The van der Waals surface area contributed by atoms with Crippen molar-refractivity contribution >= 4 is 29.1 Å². The smallest absolute Gasteiger partial charge is 0.416 e. The van der Waals surface area contributed by atoms with Crippen LogP contribution >= 0.6 is 11.3 Å². The molecule has 2 aromatic carbocycles. The molecule has 188 valence electrons. The highest BCUT2D eigenvalue weighted by Gasteiger charge is 2.47. The molecule has 36 heavy (non-hydrogen) atoms. The van der Waals surface area contributed by atoms with Crippen LogP contribution in [0.15, 0.2) is 59.3 Å². The average Bonchev–Trinajstić information content (AvgIpc) is 3.49. The van der Waals surface area contributed by atoms with E-state index in [1.165, 1.54) is 40.5 Å². The number of piperidine rings is 1. The minimum absolute atomic E-state index is 0.130. The zero-order valence-corrected chi connectivity index (χ0v) is 19.9. The Morgan fingerprint density at radius 1 is 1.08 bits per heavy atom. The summed E-state index contributed by atoms with van der Waals surface area (Å²) in [6, 6.07) is 11.8. The summed E-state index contributed by atoms with van der Waals surface area (Å²) in [5.41, 5.74) is 1.64. The highest BCUT2D eigenvalue weighted by molar-refractivity contribution is 7.08. The Morgan fingerprint density at radius 2 is 1.81 bits per heavy atom. The maximum Gasteiger partial charge on any atom is 0.416 e. The van der Waals surface area contributed by atoms with Crippen LogP contribution in [0.4, 0.5) is 23.7 Å². The van der Waals surface area contributed by atoms with Crippen molar-refractivity contribution < 1.29 is 32.6 Å². The van der Waals surface area contributed by atoms with Crippen molar-refractivity contribution in [1.29, 1.82) is 0 Å². The van der Waals surface area contributed by atoms with Crippen LogP contribution in [-0.4, -0.2) is 47.3 Å². The molecule has 0 radical (unpaired) electrons. The number of likely N-dealkylation sites (tertiary alicyclic amines) is 1. The van der Waals surface area contributed by atoms with Crippen molar-refractivity contribution in [3.63, 3.8) is 0 Å². The van der Waals surface area contributed by atoms with Gasteiger partial charge < -0.3 is 9.84 Å². The van der Waals surface area contributed by atoms with E-state index in [4.69, 9.17) is 9.84 Å². The second-order valence-corrected chi connectivity index (χ2v) is 9.93. The van der Waals surface area contributed by atoms with E-state index in [2.05, 4.69) is 4.90 Å². The molecule has 1 aromatic heterocycles. The van der Waals surface area contributed by atoms with E-state index in [0.717, 1.165) is 17.2 Å². The molecule has 6 nitrogen and oxygen atoms in total. The number of ether oxygens (including phenoxy) is 1. The van der Waals surface area contributed by atoms with Gasteiger partial charge >= 0.3 is 18.2 Å². The Hall–Kier alpha value is -3.37. The number of rotatable bonds is 5. The fourth-order valence-corrected chi connectivity index (χ4v) is 5.48. The first-order chi connectivity index (χ1) is 17.1. The average molecular weight is 517 g/mol. The molecule has 5 rings (SSSR count). The van der Waals surface area contributed by atoms with Gasteiger partial charge in [0, 0.05) is 38.2 Å². The summed E-state index contributed by atoms with van der Waals surface area (Å²) in [7, 11) is 0. The highest BCUT2D eigenvalue weighted by Crippen LogP contribution is 2.38. The lowest BCUT2D eigenvalue weighted by atomic mass is 9.90. The topological polar surface area (TPSA) is 70.1 Å². The van der Waals surface area contributed by atoms with Crippen LogP contribution in [-0.2, 0) is 17.5 Å². The molecule has 1 N–H and O–H groups in total. The molecule has 10 heteroatoms. The molecule has 0 bridgehead atoms. The molecular weight excluding hydrogens is 493 g/mol. The molecule has 2 aliphatic heterocycles. The van der Waals surface area contributed by atoms with Gasteiger partial charge in [-0.05, 0) is 69.9 Å². The predicted octanol–water partition coefficient (Wildman–Crippen LogP) is 6.12. The third kappa shape index (κ3) is 4.83. The number of anilines is 1. The Balaban J connectivity index is 1.29. The summed E-state index contributed by atoms with van der Waals surface area (Å²) in [5, 5.41) is 12.9. The summed E-state index contributed by atoms with van der Waals surface area (Å²) in [5.74, 6) is -1.04. The predicted molar refractivity (Wildman–Crippen MR) is 129 cm³/mol. The zero-order chi connectivity index (χ0) is 25.5. The fraction of sp³-hybridized carbons (Fsp3) is 0.308. The van der Waals surface area contributed by atoms with Crippen molar-refractivity contribution in [3.05, 3.63) is 76.0 Å². The zero-order valence-electron chi connectivity index (χ0n) is 19.1. The number of carboxylic acid groups (broad SMARTS) is 1. The second-order valence-electron chi connectivity index (χ2n) is 9.15. The van der Waals surface area contributed by atoms with Gasteiger partial charge in [0.15, 0.2) is 0 Å². The molecule has 0 atom stereocenters. The number of carbonyl (C=O) groups is 2. The SMILES string of the molecule is O=C(O)c1ccc(N2CC3(CCN(Cc4cc(C(F)(F)F)ccc4-c4ccsc4)CC3)OC2=O)cc1. The maximum absolute atomic E-state index is 13.4. The van der Waals surface area contributed by atoms with Crippen LogP contribution in [0.1, 0.15) is 34.3 Å². The van der Waals surface area contributed by atoms with Gasteiger partial charge in [-0.3, -0.25) is 9.80 Å². The molecule has 2 aliphatic rings. The number of hydrogen-bond donors (Lipinski definition) is 1. The van der Waals surface area contributed by atoms with E-state index in [-0.39, 0.29) is 5.56 Å². The number of thiophene rings is 1. The molecule has 2 fully saturated rings. The Labute approximate surface area is 209 Å². The first-order valence-corrected chi connectivity index (χ1v) is 12.4. The molecule has 0 saturated carbocycles. The third-order valence-corrected chi connectivity index (χ3v) is 7.51. The van der Waals surface area contributed by atoms with Gasteiger partial charge in [-0.1, -0.05) is 6.07 Å². The number of alkyl halides is 3. The minimum atomic E-state index is -4.42. The van der Waals surface area contributed by atoms with Gasteiger partial charge in [0.1, 0.15) is 5.60 Å². The van der Waals surface area contributed by atoms with Crippen molar-refractivity contribution in [2.45, 2.75) is 31.2 Å². The summed E-state index contributed by atoms with van der Waals surface area (Å²) < 4.78 is 46.0. The maximum atomic E-state index is 13.4. The van der Waals surface area contributed by atoms with Gasteiger partial charge in [-0.15, -0.1) is 0 Å². The molecule has 1 amide bonds. The van der Waals surface area contributed by atoms with Gasteiger partial charge in [0.05, 0.1) is 17.7 Å². The Bertz CT molecular complexity index is 1270. The van der Waals surface area contributed by atoms with E-state index >= 15 is 0 Å². The quantitative estimate of drug-likeness (QED) is 0.442. The fourth-order valence-electron chi connectivity index (χ4n) is 4.83. The third-order valence-electron chi connectivity index (χ3n) is 6.82. The molecule has 2 saturated heterocycles. The van der Waals surface area contributed by atoms with Gasteiger partial charge in [0.2, 0.25) is 0 Å². The van der Waals surface area contributed by atoms with E-state index in [1.54, 1.807) is 12.1 Å². The second kappa shape index (κ2) is 9.25. The minimum Gasteiger partial charge on any atom is -0.478 e. The van der Waals surface area contributed by atoms with Crippen LogP contribution in [0, 0.1) is 0 Å². The molecule has 0 unspecified atom stereocenters. The van der Waals surface area contributed by atoms with Crippen LogP contribution in [0.5, 0.6) is 0 Å². The Kier molecular flexibility index (Phi) is 6.25. The highest BCUT2D eigenvalue weighted by atomic mass is 32.1. The molecule has 3 heterocycles. The largest absolute Gasteiger partial charge is 0.478 e. The van der Waals surface area contributed by atoms with E-state index in [0.29, 0.717) is 50.3 Å². The number of amides is 1. The van der Waals surface area contributed by atoms with E-state index < -0.39 is 29.4 Å².